The van der Waals surface area contributed by atoms with Gasteiger partial charge < -0.3 is 10.2 Å². The van der Waals surface area contributed by atoms with E-state index in [0.29, 0.717) is 12.1 Å². The molecule has 1 aliphatic rings. The minimum absolute atomic E-state index is 0.407. The average molecular weight is 291 g/mol. The standard InChI is InChI=1S/C15H21N3OS/c1-18(13-6-4-11(16)5-7-13)9-12-10-20-15(17-12)14-3-2-8-19-14/h2-3,8,10-11,13H,4-7,9,16H2,1H3. The van der Waals surface area contributed by atoms with Crippen molar-refractivity contribution in [1.29, 1.82) is 0 Å². The molecule has 0 atom stereocenters. The zero-order chi connectivity index (χ0) is 13.9. The number of aromatic nitrogens is 1. The molecule has 2 N–H and O–H groups in total. The van der Waals surface area contributed by atoms with Crippen LogP contribution in [0.4, 0.5) is 0 Å². The number of hydrogen-bond acceptors (Lipinski definition) is 5. The van der Waals surface area contributed by atoms with E-state index in [-0.39, 0.29) is 0 Å². The Morgan fingerprint density at radius 1 is 1.40 bits per heavy atom. The summed E-state index contributed by atoms with van der Waals surface area (Å²) in [7, 11) is 2.19. The second kappa shape index (κ2) is 6.08. The normalized spacial score (nSPS) is 23.4. The SMILES string of the molecule is CN(Cc1csc(-c2ccco2)n1)C1CCC(N)CC1. The van der Waals surface area contributed by atoms with Crippen LogP contribution in [0.15, 0.2) is 28.2 Å². The largest absolute Gasteiger partial charge is 0.462 e. The molecule has 0 bridgehead atoms. The Morgan fingerprint density at radius 3 is 2.90 bits per heavy atom. The Labute approximate surface area is 123 Å². The summed E-state index contributed by atoms with van der Waals surface area (Å²) in [6.07, 6.45) is 6.38. The van der Waals surface area contributed by atoms with E-state index in [1.807, 2.05) is 12.1 Å². The van der Waals surface area contributed by atoms with E-state index in [1.165, 1.54) is 12.8 Å². The number of nitrogens with zero attached hydrogens (tertiary/aromatic N) is 2. The van der Waals surface area contributed by atoms with Gasteiger partial charge in [0.2, 0.25) is 0 Å². The van der Waals surface area contributed by atoms with Gasteiger partial charge in [-0.05, 0) is 44.9 Å². The highest BCUT2D eigenvalue weighted by Gasteiger charge is 2.22. The number of furan rings is 1. The first-order valence-corrected chi connectivity index (χ1v) is 8.04. The van der Waals surface area contributed by atoms with Gasteiger partial charge in [0.1, 0.15) is 0 Å². The van der Waals surface area contributed by atoms with Crippen molar-refractivity contribution in [2.24, 2.45) is 5.73 Å². The van der Waals surface area contributed by atoms with Crippen molar-refractivity contribution in [1.82, 2.24) is 9.88 Å². The molecule has 3 rings (SSSR count). The van der Waals surface area contributed by atoms with Crippen LogP contribution in [-0.4, -0.2) is 29.0 Å². The summed E-state index contributed by atoms with van der Waals surface area (Å²) in [6, 6.07) is 4.90. The molecule has 2 aromatic heterocycles. The Kier molecular flexibility index (Phi) is 4.19. The van der Waals surface area contributed by atoms with E-state index in [0.717, 1.165) is 35.8 Å². The third kappa shape index (κ3) is 3.11. The van der Waals surface area contributed by atoms with E-state index in [1.54, 1.807) is 17.6 Å². The summed E-state index contributed by atoms with van der Waals surface area (Å²) in [6.45, 7) is 0.900. The van der Waals surface area contributed by atoms with Crippen LogP contribution in [0.3, 0.4) is 0 Å². The second-order valence-electron chi connectivity index (χ2n) is 5.61. The lowest BCUT2D eigenvalue weighted by Gasteiger charge is -2.33. The first-order chi connectivity index (χ1) is 9.72. The van der Waals surface area contributed by atoms with Crippen LogP contribution in [-0.2, 0) is 6.54 Å². The molecule has 2 heterocycles. The van der Waals surface area contributed by atoms with Crippen molar-refractivity contribution in [3.8, 4) is 10.8 Å². The lowest BCUT2D eigenvalue weighted by atomic mass is 9.91. The molecular formula is C15H21N3OS. The summed E-state index contributed by atoms with van der Waals surface area (Å²) >= 11 is 1.64. The average Bonchev–Trinajstić information content (AvgIpc) is 3.09. The van der Waals surface area contributed by atoms with E-state index < -0.39 is 0 Å². The Hall–Kier alpha value is -1.17. The van der Waals surface area contributed by atoms with Crippen LogP contribution in [0.1, 0.15) is 31.4 Å². The minimum atomic E-state index is 0.407. The fourth-order valence-electron chi connectivity index (χ4n) is 2.82. The van der Waals surface area contributed by atoms with Crippen molar-refractivity contribution >= 4 is 11.3 Å². The first-order valence-electron chi connectivity index (χ1n) is 7.16. The zero-order valence-electron chi connectivity index (χ0n) is 11.8. The van der Waals surface area contributed by atoms with E-state index in [4.69, 9.17) is 10.2 Å². The fourth-order valence-corrected chi connectivity index (χ4v) is 3.60. The van der Waals surface area contributed by atoms with E-state index >= 15 is 0 Å². The molecule has 0 radical (unpaired) electrons. The second-order valence-corrected chi connectivity index (χ2v) is 6.46. The summed E-state index contributed by atoms with van der Waals surface area (Å²) < 4.78 is 5.39. The zero-order valence-corrected chi connectivity index (χ0v) is 12.6. The molecule has 5 heteroatoms. The molecule has 4 nitrogen and oxygen atoms in total. The highest BCUT2D eigenvalue weighted by Crippen LogP contribution is 2.26. The molecule has 0 unspecified atom stereocenters. The third-order valence-corrected chi connectivity index (χ3v) is 4.97. The van der Waals surface area contributed by atoms with Crippen LogP contribution < -0.4 is 5.73 Å². The Bertz CT molecular complexity index is 529. The molecule has 108 valence electrons. The Morgan fingerprint density at radius 2 is 2.20 bits per heavy atom. The van der Waals surface area contributed by atoms with Crippen LogP contribution in [0.25, 0.3) is 10.8 Å². The number of nitrogens with two attached hydrogens (primary N) is 1. The summed E-state index contributed by atoms with van der Waals surface area (Å²) in [5.74, 6) is 0.854. The maximum atomic E-state index is 5.97. The Balaban J connectivity index is 1.60. The van der Waals surface area contributed by atoms with Gasteiger partial charge in [0.25, 0.3) is 0 Å². The fraction of sp³-hybridized carbons (Fsp3) is 0.533. The molecule has 1 aliphatic carbocycles. The molecule has 1 fully saturated rings. The van der Waals surface area contributed by atoms with Crippen LogP contribution >= 0.6 is 11.3 Å². The number of rotatable bonds is 4. The van der Waals surface area contributed by atoms with Gasteiger partial charge in [0.05, 0.1) is 12.0 Å². The van der Waals surface area contributed by atoms with Crippen molar-refractivity contribution in [3.63, 3.8) is 0 Å². The lowest BCUT2D eigenvalue weighted by Crippen LogP contribution is -2.38. The molecule has 2 aromatic rings. The maximum Gasteiger partial charge on any atom is 0.162 e. The van der Waals surface area contributed by atoms with Crippen molar-refractivity contribution < 1.29 is 4.42 Å². The smallest absolute Gasteiger partial charge is 0.162 e. The van der Waals surface area contributed by atoms with Crippen molar-refractivity contribution in [2.45, 2.75) is 44.3 Å². The van der Waals surface area contributed by atoms with Crippen molar-refractivity contribution in [3.05, 3.63) is 29.5 Å². The first kappa shape index (κ1) is 13.8. The highest BCUT2D eigenvalue weighted by molar-refractivity contribution is 7.13. The van der Waals surface area contributed by atoms with Gasteiger partial charge in [-0.25, -0.2) is 4.98 Å². The summed E-state index contributed by atoms with van der Waals surface area (Å²) in [4.78, 5) is 7.07. The van der Waals surface area contributed by atoms with Crippen LogP contribution in [0, 0.1) is 0 Å². The maximum absolute atomic E-state index is 5.97. The van der Waals surface area contributed by atoms with Gasteiger partial charge in [-0.15, -0.1) is 11.3 Å². The predicted octanol–water partition coefficient (Wildman–Crippen LogP) is 3.10. The number of hydrogen-bond donors (Lipinski definition) is 1. The third-order valence-electron chi connectivity index (χ3n) is 4.06. The molecule has 20 heavy (non-hydrogen) atoms. The number of thiazole rings is 1. The topological polar surface area (TPSA) is 55.3 Å². The molecule has 0 aliphatic heterocycles. The van der Waals surface area contributed by atoms with Gasteiger partial charge in [-0.3, -0.25) is 4.90 Å². The van der Waals surface area contributed by atoms with E-state index in [9.17, 15) is 0 Å². The van der Waals surface area contributed by atoms with Crippen LogP contribution in [0.5, 0.6) is 0 Å². The molecule has 1 saturated carbocycles. The molecule has 0 spiro atoms. The molecule has 0 aromatic carbocycles. The van der Waals surface area contributed by atoms with E-state index in [2.05, 4.69) is 22.3 Å². The van der Waals surface area contributed by atoms with Crippen LogP contribution in [0.2, 0.25) is 0 Å². The van der Waals surface area contributed by atoms with Gasteiger partial charge >= 0.3 is 0 Å². The monoisotopic (exact) mass is 291 g/mol. The predicted molar refractivity (Wildman–Crippen MR) is 81.5 cm³/mol. The minimum Gasteiger partial charge on any atom is -0.462 e. The lowest BCUT2D eigenvalue weighted by molar-refractivity contribution is 0.175. The van der Waals surface area contributed by atoms with Crippen molar-refractivity contribution in [2.75, 3.05) is 7.05 Å². The molecular weight excluding hydrogens is 270 g/mol. The summed E-state index contributed by atoms with van der Waals surface area (Å²) in [5, 5.41) is 3.09. The highest BCUT2D eigenvalue weighted by atomic mass is 32.1. The van der Waals surface area contributed by atoms with Gasteiger partial charge in [0, 0.05) is 24.0 Å². The quantitative estimate of drug-likeness (QED) is 0.940. The molecule has 0 amide bonds. The van der Waals surface area contributed by atoms with Gasteiger partial charge in [-0.1, -0.05) is 0 Å². The summed E-state index contributed by atoms with van der Waals surface area (Å²) in [5.41, 5.74) is 7.09. The van der Waals surface area contributed by atoms with Gasteiger partial charge in [-0.2, -0.15) is 0 Å². The molecule has 0 saturated heterocycles. The van der Waals surface area contributed by atoms with Gasteiger partial charge in [0.15, 0.2) is 10.8 Å².